The summed E-state index contributed by atoms with van der Waals surface area (Å²) in [6.45, 7) is 0.891. The van der Waals surface area contributed by atoms with Crippen molar-refractivity contribution in [2.24, 2.45) is 17.8 Å². The largest absolute Gasteiger partial charge is 0.391 e. The van der Waals surface area contributed by atoms with Crippen LogP contribution in [0.15, 0.2) is 11.1 Å². The van der Waals surface area contributed by atoms with Gasteiger partial charge < -0.3 is 16.0 Å². The van der Waals surface area contributed by atoms with Crippen LogP contribution in [-0.2, 0) is 0 Å². The third-order valence-electron chi connectivity index (χ3n) is 4.31. The molecule has 2 bridgehead atoms. The molecule has 0 amide bonds. The topological polar surface area (TPSA) is 83.8 Å². The number of fused-ring (bicyclic) bond motifs is 2. The van der Waals surface area contributed by atoms with Crippen molar-refractivity contribution in [2.45, 2.75) is 25.7 Å². The predicted molar refractivity (Wildman–Crippen MR) is 66.7 cm³/mol. The molecule has 0 radical (unpaired) electrons. The lowest BCUT2D eigenvalue weighted by atomic mass is 9.89. The molecule has 0 aliphatic heterocycles. The van der Waals surface area contributed by atoms with Gasteiger partial charge in [0, 0.05) is 6.54 Å². The second-order valence-corrected chi connectivity index (χ2v) is 5.31. The van der Waals surface area contributed by atoms with Gasteiger partial charge in [-0.2, -0.15) is 0 Å². The molecule has 0 spiro atoms. The van der Waals surface area contributed by atoms with E-state index in [0.717, 1.165) is 24.3 Å². The zero-order valence-corrected chi connectivity index (χ0v) is 9.78. The highest BCUT2D eigenvalue weighted by atomic mass is 16.1. The fraction of sp³-hybridized carbons (Fsp3) is 0.667. The van der Waals surface area contributed by atoms with Crippen molar-refractivity contribution in [3.05, 3.63) is 16.7 Å². The lowest BCUT2D eigenvalue weighted by Gasteiger charge is -2.22. The van der Waals surface area contributed by atoms with Crippen molar-refractivity contribution in [3.8, 4) is 0 Å². The Balaban J connectivity index is 1.64. The fourth-order valence-corrected chi connectivity index (χ4v) is 3.41. The summed E-state index contributed by atoms with van der Waals surface area (Å²) < 4.78 is 0. The zero-order chi connectivity index (χ0) is 11.8. The molecule has 0 aromatic carbocycles. The highest BCUT2D eigenvalue weighted by molar-refractivity contribution is 5.58. The average Bonchev–Trinajstić information content (AvgIpc) is 2.93. The highest BCUT2D eigenvalue weighted by Gasteiger charge is 2.39. The van der Waals surface area contributed by atoms with Crippen LogP contribution in [0.3, 0.4) is 0 Å². The summed E-state index contributed by atoms with van der Waals surface area (Å²) in [4.78, 5) is 17.8. The van der Waals surface area contributed by atoms with E-state index in [0.29, 0.717) is 5.82 Å². The smallest absolute Gasteiger partial charge is 0.276 e. The van der Waals surface area contributed by atoms with Gasteiger partial charge in [-0.25, -0.2) is 4.98 Å². The fourth-order valence-electron chi connectivity index (χ4n) is 3.41. The molecule has 92 valence electrons. The van der Waals surface area contributed by atoms with Gasteiger partial charge in [-0.3, -0.25) is 4.79 Å². The van der Waals surface area contributed by atoms with E-state index in [2.05, 4.69) is 15.3 Å². The number of rotatable bonds is 3. The third-order valence-corrected chi connectivity index (χ3v) is 4.31. The Hall–Kier alpha value is -1.52. The molecule has 2 aliphatic rings. The first-order valence-electron chi connectivity index (χ1n) is 6.31. The molecule has 2 fully saturated rings. The lowest BCUT2D eigenvalue weighted by Crippen LogP contribution is -2.23. The number of nitrogens with one attached hydrogen (secondary N) is 2. The second kappa shape index (κ2) is 4.05. The van der Waals surface area contributed by atoms with Crippen LogP contribution < -0.4 is 16.6 Å². The van der Waals surface area contributed by atoms with E-state index in [1.54, 1.807) is 0 Å². The maximum Gasteiger partial charge on any atom is 0.276 e. The van der Waals surface area contributed by atoms with Gasteiger partial charge in [0.25, 0.3) is 5.56 Å². The number of hydrogen-bond donors (Lipinski definition) is 3. The Labute approximate surface area is 99.8 Å². The molecule has 5 heteroatoms. The normalized spacial score (nSPS) is 30.7. The summed E-state index contributed by atoms with van der Waals surface area (Å²) >= 11 is 0. The summed E-state index contributed by atoms with van der Waals surface area (Å²) in [7, 11) is 0. The molecule has 4 N–H and O–H groups in total. The minimum absolute atomic E-state index is 0.190. The number of nitrogens with zero attached hydrogens (tertiary/aromatic N) is 1. The zero-order valence-electron chi connectivity index (χ0n) is 9.78. The molecular formula is C12H18N4O. The number of aromatic nitrogens is 2. The number of hydrogen-bond acceptors (Lipinski definition) is 4. The van der Waals surface area contributed by atoms with Gasteiger partial charge in [0.15, 0.2) is 5.82 Å². The molecular weight excluding hydrogens is 216 g/mol. The number of anilines is 2. The molecule has 2 saturated carbocycles. The van der Waals surface area contributed by atoms with Gasteiger partial charge in [0.1, 0.15) is 5.69 Å². The van der Waals surface area contributed by atoms with Crippen molar-refractivity contribution in [2.75, 3.05) is 17.6 Å². The van der Waals surface area contributed by atoms with E-state index in [1.165, 1.54) is 32.0 Å². The summed E-state index contributed by atoms with van der Waals surface area (Å²) in [5.41, 5.74) is 5.60. The third kappa shape index (κ3) is 1.90. The van der Waals surface area contributed by atoms with Crippen LogP contribution in [0.5, 0.6) is 0 Å². The van der Waals surface area contributed by atoms with Gasteiger partial charge in [0.2, 0.25) is 0 Å². The van der Waals surface area contributed by atoms with Gasteiger partial charge >= 0.3 is 0 Å². The number of nitrogen functional groups attached to an aromatic ring is 1. The molecule has 3 atom stereocenters. The van der Waals surface area contributed by atoms with Crippen molar-refractivity contribution < 1.29 is 0 Å². The molecule has 3 rings (SSSR count). The van der Waals surface area contributed by atoms with Crippen LogP contribution in [0.25, 0.3) is 0 Å². The Morgan fingerprint density at radius 1 is 1.47 bits per heavy atom. The summed E-state index contributed by atoms with van der Waals surface area (Å²) in [6, 6.07) is 0. The minimum atomic E-state index is -0.268. The van der Waals surface area contributed by atoms with Crippen LogP contribution in [0, 0.1) is 17.8 Å². The Kier molecular flexibility index (Phi) is 2.53. The summed E-state index contributed by atoms with van der Waals surface area (Å²) in [5.74, 6) is 3.07. The molecule has 1 heterocycles. The molecule has 3 unspecified atom stereocenters. The first-order valence-corrected chi connectivity index (χ1v) is 6.31. The number of aromatic amines is 1. The quantitative estimate of drug-likeness (QED) is 0.733. The van der Waals surface area contributed by atoms with Gasteiger partial charge in [-0.05, 0) is 37.0 Å². The average molecular weight is 234 g/mol. The lowest BCUT2D eigenvalue weighted by molar-refractivity contribution is 0.348. The van der Waals surface area contributed by atoms with Crippen LogP contribution in [0.4, 0.5) is 11.5 Å². The van der Waals surface area contributed by atoms with E-state index < -0.39 is 0 Å². The van der Waals surface area contributed by atoms with E-state index >= 15 is 0 Å². The molecule has 17 heavy (non-hydrogen) atoms. The Morgan fingerprint density at radius 2 is 2.35 bits per heavy atom. The van der Waals surface area contributed by atoms with Crippen molar-refractivity contribution >= 4 is 11.5 Å². The van der Waals surface area contributed by atoms with Crippen molar-refractivity contribution in [1.29, 1.82) is 0 Å². The van der Waals surface area contributed by atoms with E-state index in [1.807, 2.05) is 0 Å². The predicted octanol–water partition coefficient (Wildman–Crippen LogP) is 1.20. The Morgan fingerprint density at radius 3 is 3.06 bits per heavy atom. The van der Waals surface area contributed by atoms with Crippen LogP contribution >= 0.6 is 0 Å². The van der Waals surface area contributed by atoms with Gasteiger partial charge in [0.05, 0.1) is 6.33 Å². The first-order chi connectivity index (χ1) is 8.24. The van der Waals surface area contributed by atoms with Gasteiger partial charge in [-0.1, -0.05) is 6.42 Å². The van der Waals surface area contributed by atoms with Crippen molar-refractivity contribution in [3.63, 3.8) is 0 Å². The van der Waals surface area contributed by atoms with Crippen molar-refractivity contribution in [1.82, 2.24) is 9.97 Å². The molecule has 1 aromatic heterocycles. The number of nitrogens with two attached hydrogens (primary N) is 1. The minimum Gasteiger partial charge on any atom is -0.391 e. The molecule has 2 aliphatic carbocycles. The summed E-state index contributed by atoms with van der Waals surface area (Å²) in [5, 5.41) is 3.22. The SMILES string of the molecule is Nc1c(NCC2CC3CCC2C3)nc[nH]c1=O. The van der Waals surface area contributed by atoms with Gasteiger partial charge in [-0.15, -0.1) is 0 Å². The number of H-pyrrole nitrogens is 1. The Bertz CT molecular complexity index is 470. The molecule has 0 saturated heterocycles. The highest BCUT2D eigenvalue weighted by Crippen LogP contribution is 2.48. The summed E-state index contributed by atoms with van der Waals surface area (Å²) in [6.07, 6.45) is 6.88. The van der Waals surface area contributed by atoms with E-state index in [4.69, 9.17) is 5.73 Å². The standard InChI is InChI=1S/C12H18N4O/c13-10-11(15-6-16-12(10)17)14-5-9-4-7-1-2-8(9)3-7/h6-9H,1-5,13H2,(H2,14,15,16,17). The van der Waals surface area contributed by atoms with Crippen LogP contribution in [0.1, 0.15) is 25.7 Å². The van der Waals surface area contributed by atoms with E-state index in [-0.39, 0.29) is 11.2 Å². The maximum absolute atomic E-state index is 11.3. The molecule has 5 nitrogen and oxygen atoms in total. The second-order valence-electron chi connectivity index (χ2n) is 5.31. The van der Waals surface area contributed by atoms with E-state index in [9.17, 15) is 4.79 Å². The first kappa shape index (κ1) is 10.6. The molecule has 1 aromatic rings. The monoisotopic (exact) mass is 234 g/mol. The maximum atomic E-state index is 11.3. The van der Waals surface area contributed by atoms with Crippen LogP contribution in [0.2, 0.25) is 0 Å². The van der Waals surface area contributed by atoms with Crippen LogP contribution in [-0.4, -0.2) is 16.5 Å².